The molecule has 108 valence electrons. The smallest absolute Gasteiger partial charge is 0.202 e. The monoisotopic (exact) mass is 293 g/mol. The molecule has 0 saturated carbocycles. The second kappa shape index (κ2) is 6.56. The van der Waals surface area contributed by atoms with Gasteiger partial charge in [0.25, 0.3) is 0 Å². The lowest BCUT2D eigenvalue weighted by Crippen LogP contribution is -2.18. The molecule has 0 amide bonds. The maximum Gasteiger partial charge on any atom is 0.202 e. The molecule has 5 nitrogen and oxygen atoms in total. The standard InChI is InChI=1S/C14H19N3O2S/c1-9(15-14-16-10(2)17-20-14)7-11-5-6-12(18-3)13(8-11)19-4/h5-6,8-9H,7H2,1-4H3,(H,15,16,17). The summed E-state index contributed by atoms with van der Waals surface area (Å²) in [5.74, 6) is 2.30. The fraction of sp³-hybridized carbons (Fsp3) is 0.429. The molecule has 0 aliphatic carbocycles. The molecular weight excluding hydrogens is 274 g/mol. The third-order valence-electron chi connectivity index (χ3n) is 2.89. The van der Waals surface area contributed by atoms with Crippen molar-refractivity contribution in [2.75, 3.05) is 19.5 Å². The van der Waals surface area contributed by atoms with E-state index in [2.05, 4.69) is 21.6 Å². The van der Waals surface area contributed by atoms with Crippen LogP contribution in [0.1, 0.15) is 18.3 Å². The van der Waals surface area contributed by atoms with Crippen LogP contribution in [-0.2, 0) is 6.42 Å². The number of aromatic nitrogens is 2. The maximum atomic E-state index is 5.31. The molecule has 6 heteroatoms. The van der Waals surface area contributed by atoms with Crippen LogP contribution < -0.4 is 14.8 Å². The van der Waals surface area contributed by atoms with Crippen LogP contribution in [0.5, 0.6) is 11.5 Å². The number of nitrogens with one attached hydrogen (secondary N) is 1. The Hall–Kier alpha value is -1.82. The molecule has 0 radical (unpaired) electrons. The number of ether oxygens (including phenoxy) is 2. The molecule has 2 rings (SSSR count). The van der Waals surface area contributed by atoms with Crippen LogP contribution in [0.15, 0.2) is 18.2 Å². The quantitative estimate of drug-likeness (QED) is 0.887. The third kappa shape index (κ3) is 3.60. The summed E-state index contributed by atoms with van der Waals surface area (Å²) in [5.41, 5.74) is 1.18. The van der Waals surface area contributed by atoms with Gasteiger partial charge in [-0.3, -0.25) is 0 Å². The van der Waals surface area contributed by atoms with E-state index in [-0.39, 0.29) is 6.04 Å². The number of hydrogen-bond donors (Lipinski definition) is 1. The molecule has 0 spiro atoms. The molecule has 2 aromatic rings. The zero-order valence-corrected chi connectivity index (χ0v) is 13.0. The minimum absolute atomic E-state index is 0.264. The normalized spacial score (nSPS) is 12.0. The summed E-state index contributed by atoms with van der Waals surface area (Å²) in [6.07, 6.45) is 0.874. The maximum absolute atomic E-state index is 5.31. The van der Waals surface area contributed by atoms with E-state index in [1.807, 2.05) is 25.1 Å². The number of anilines is 1. The highest BCUT2D eigenvalue weighted by molar-refractivity contribution is 7.09. The molecule has 0 saturated heterocycles. The van der Waals surface area contributed by atoms with Gasteiger partial charge in [0.15, 0.2) is 11.5 Å². The molecule has 1 N–H and O–H groups in total. The van der Waals surface area contributed by atoms with E-state index in [0.717, 1.165) is 28.9 Å². The fourth-order valence-electron chi connectivity index (χ4n) is 1.98. The molecule has 20 heavy (non-hydrogen) atoms. The summed E-state index contributed by atoms with van der Waals surface area (Å²) in [4.78, 5) is 4.30. The van der Waals surface area contributed by atoms with Crippen LogP contribution in [0.2, 0.25) is 0 Å². The molecule has 1 heterocycles. The third-order valence-corrected chi connectivity index (χ3v) is 3.62. The SMILES string of the molecule is COc1ccc(CC(C)Nc2nc(C)ns2)cc1OC. The van der Waals surface area contributed by atoms with Crippen molar-refractivity contribution in [3.8, 4) is 11.5 Å². The Morgan fingerprint density at radius 2 is 2.00 bits per heavy atom. The van der Waals surface area contributed by atoms with Gasteiger partial charge < -0.3 is 14.8 Å². The van der Waals surface area contributed by atoms with Gasteiger partial charge in [-0.2, -0.15) is 4.37 Å². The zero-order valence-electron chi connectivity index (χ0n) is 12.1. The number of aryl methyl sites for hydroxylation is 1. The molecular formula is C14H19N3O2S. The van der Waals surface area contributed by atoms with Crippen LogP contribution in [-0.4, -0.2) is 29.6 Å². The Balaban J connectivity index is 2.02. The molecule has 1 atom stereocenters. The summed E-state index contributed by atoms with van der Waals surface area (Å²) < 4.78 is 14.7. The van der Waals surface area contributed by atoms with E-state index in [4.69, 9.17) is 9.47 Å². The molecule has 0 bridgehead atoms. The van der Waals surface area contributed by atoms with Gasteiger partial charge in [0.2, 0.25) is 5.13 Å². The number of nitrogens with zero attached hydrogens (tertiary/aromatic N) is 2. The summed E-state index contributed by atoms with van der Waals surface area (Å²) >= 11 is 1.39. The van der Waals surface area contributed by atoms with Crippen molar-refractivity contribution in [3.05, 3.63) is 29.6 Å². The summed E-state index contributed by atoms with van der Waals surface area (Å²) in [7, 11) is 3.28. The van der Waals surface area contributed by atoms with Crippen molar-refractivity contribution in [3.63, 3.8) is 0 Å². The molecule has 1 unspecified atom stereocenters. The summed E-state index contributed by atoms with van der Waals surface area (Å²) in [6.45, 7) is 4.01. The molecule has 0 aliphatic rings. The largest absolute Gasteiger partial charge is 0.493 e. The first-order valence-corrected chi connectivity index (χ1v) is 7.17. The van der Waals surface area contributed by atoms with Gasteiger partial charge in [-0.25, -0.2) is 4.98 Å². The Labute approximate surface area is 123 Å². The second-order valence-corrected chi connectivity index (χ2v) is 5.34. The highest BCUT2D eigenvalue weighted by atomic mass is 32.1. The van der Waals surface area contributed by atoms with Crippen molar-refractivity contribution in [2.24, 2.45) is 0 Å². The highest BCUT2D eigenvalue weighted by Gasteiger charge is 2.09. The minimum atomic E-state index is 0.264. The second-order valence-electron chi connectivity index (χ2n) is 4.59. The number of hydrogen-bond acceptors (Lipinski definition) is 6. The average Bonchev–Trinajstić information content (AvgIpc) is 2.83. The van der Waals surface area contributed by atoms with Gasteiger partial charge in [0, 0.05) is 17.6 Å². The first-order chi connectivity index (χ1) is 9.62. The van der Waals surface area contributed by atoms with Gasteiger partial charge in [-0.15, -0.1) is 0 Å². The van der Waals surface area contributed by atoms with Crippen LogP contribution in [0.4, 0.5) is 5.13 Å². The summed E-state index contributed by atoms with van der Waals surface area (Å²) in [5, 5.41) is 4.21. The number of rotatable bonds is 6. The number of benzene rings is 1. The zero-order chi connectivity index (χ0) is 14.5. The first kappa shape index (κ1) is 14.6. The Morgan fingerprint density at radius 3 is 2.60 bits per heavy atom. The van der Waals surface area contributed by atoms with Gasteiger partial charge in [0.05, 0.1) is 14.2 Å². The van der Waals surface area contributed by atoms with Crippen LogP contribution in [0.3, 0.4) is 0 Å². The molecule has 1 aromatic heterocycles. The van der Waals surface area contributed by atoms with Gasteiger partial charge in [-0.1, -0.05) is 6.07 Å². The fourth-order valence-corrected chi connectivity index (χ4v) is 2.66. The number of methoxy groups -OCH3 is 2. The first-order valence-electron chi connectivity index (χ1n) is 6.40. The predicted octanol–water partition coefficient (Wildman–Crippen LogP) is 2.91. The molecule has 1 aromatic carbocycles. The van der Waals surface area contributed by atoms with Gasteiger partial charge >= 0.3 is 0 Å². The van der Waals surface area contributed by atoms with Gasteiger partial charge in [-0.05, 0) is 38.0 Å². The minimum Gasteiger partial charge on any atom is -0.493 e. The van der Waals surface area contributed by atoms with Crippen molar-refractivity contribution in [2.45, 2.75) is 26.3 Å². The van der Waals surface area contributed by atoms with E-state index in [9.17, 15) is 0 Å². The van der Waals surface area contributed by atoms with E-state index < -0.39 is 0 Å². The van der Waals surface area contributed by atoms with Crippen LogP contribution in [0, 0.1) is 6.92 Å². The average molecular weight is 293 g/mol. The lowest BCUT2D eigenvalue weighted by Gasteiger charge is -2.14. The lowest BCUT2D eigenvalue weighted by atomic mass is 10.1. The Kier molecular flexibility index (Phi) is 4.79. The van der Waals surface area contributed by atoms with Crippen molar-refractivity contribution < 1.29 is 9.47 Å². The summed E-state index contributed by atoms with van der Waals surface area (Å²) in [6, 6.07) is 6.24. The Morgan fingerprint density at radius 1 is 1.25 bits per heavy atom. The van der Waals surface area contributed by atoms with E-state index in [0.29, 0.717) is 0 Å². The van der Waals surface area contributed by atoms with Crippen LogP contribution >= 0.6 is 11.5 Å². The van der Waals surface area contributed by atoms with E-state index in [1.165, 1.54) is 17.1 Å². The van der Waals surface area contributed by atoms with Crippen molar-refractivity contribution >= 4 is 16.7 Å². The van der Waals surface area contributed by atoms with E-state index >= 15 is 0 Å². The topological polar surface area (TPSA) is 56.3 Å². The van der Waals surface area contributed by atoms with Crippen molar-refractivity contribution in [1.29, 1.82) is 0 Å². The highest BCUT2D eigenvalue weighted by Crippen LogP contribution is 2.28. The van der Waals surface area contributed by atoms with Crippen molar-refractivity contribution in [1.82, 2.24) is 9.36 Å². The van der Waals surface area contributed by atoms with Gasteiger partial charge in [0.1, 0.15) is 5.82 Å². The predicted molar refractivity (Wildman–Crippen MR) is 81.0 cm³/mol. The molecule has 0 fully saturated rings. The Bertz CT molecular complexity index is 571. The lowest BCUT2D eigenvalue weighted by molar-refractivity contribution is 0.354. The molecule has 0 aliphatic heterocycles. The van der Waals surface area contributed by atoms with Crippen LogP contribution in [0.25, 0.3) is 0 Å². The van der Waals surface area contributed by atoms with E-state index in [1.54, 1.807) is 14.2 Å².